The molecule has 1 aliphatic heterocycles. The molecule has 0 bridgehead atoms. The molecule has 2 heterocycles. The Hall–Kier alpha value is -2.52. The number of ether oxygens (including phenoxy) is 2. The molecule has 2 aromatic rings. The van der Waals surface area contributed by atoms with Crippen LogP contribution < -0.4 is 14.4 Å². The lowest BCUT2D eigenvalue weighted by Gasteiger charge is -2.25. The zero-order valence-electron chi connectivity index (χ0n) is 16.1. The Morgan fingerprint density at radius 1 is 1.36 bits per heavy atom. The van der Waals surface area contributed by atoms with Crippen molar-refractivity contribution < 1.29 is 14.3 Å². The van der Waals surface area contributed by atoms with Crippen LogP contribution in [0.3, 0.4) is 0 Å². The maximum atomic E-state index is 13.1. The quantitative estimate of drug-likeness (QED) is 0.648. The third kappa shape index (κ3) is 3.35. The van der Waals surface area contributed by atoms with Crippen molar-refractivity contribution in [2.24, 2.45) is 0 Å². The van der Waals surface area contributed by atoms with E-state index in [2.05, 4.69) is 38.8 Å². The van der Waals surface area contributed by atoms with Gasteiger partial charge in [-0.25, -0.2) is 0 Å². The molecule has 28 heavy (non-hydrogen) atoms. The monoisotopic (exact) mass is 440 g/mol. The fourth-order valence-corrected chi connectivity index (χ4v) is 3.82. The first-order valence-electron chi connectivity index (χ1n) is 9.31. The second kappa shape index (κ2) is 7.48. The third-order valence-electron chi connectivity index (χ3n) is 5.05. The number of halogens is 1. The van der Waals surface area contributed by atoms with Gasteiger partial charge in [-0.15, -0.1) is 0 Å². The molecule has 0 atom stereocenters. The second-order valence-corrected chi connectivity index (χ2v) is 7.88. The molecule has 144 valence electrons. The number of fused-ring (bicyclic) bond motifs is 1. The van der Waals surface area contributed by atoms with Gasteiger partial charge < -0.3 is 9.47 Å². The first-order chi connectivity index (χ1) is 13.5. The van der Waals surface area contributed by atoms with E-state index < -0.39 is 0 Å². The number of anilines is 2. The van der Waals surface area contributed by atoms with Gasteiger partial charge in [0.2, 0.25) is 5.88 Å². The van der Waals surface area contributed by atoms with Gasteiger partial charge in [0.15, 0.2) is 11.6 Å². The largest absolute Gasteiger partial charge is 0.493 e. The van der Waals surface area contributed by atoms with Crippen LogP contribution in [-0.4, -0.2) is 24.6 Å². The minimum absolute atomic E-state index is 0.338. The number of pyridine rings is 1. The number of aryl methyl sites for hydroxylation is 1. The Morgan fingerprint density at radius 2 is 2.14 bits per heavy atom. The summed E-state index contributed by atoms with van der Waals surface area (Å²) in [6.07, 6.45) is 3.01. The van der Waals surface area contributed by atoms with Gasteiger partial charge in [0.05, 0.1) is 19.4 Å². The van der Waals surface area contributed by atoms with Crippen LogP contribution in [0.1, 0.15) is 42.4 Å². The topological polar surface area (TPSA) is 51.7 Å². The highest BCUT2D eigenvalue weighted by atomic mass is 79.9. The zero-order chi connectivity index (χ0) is 19.8. The highest BCUT2D eigenvalue weighted by Crippen LogP contribution is 2.48. The zero-order valence-corrected chi connectivity index (χ0v) is 17.7. The summed E-state index contributed by atoms with van der Waals surface area (Å²) in [5, 5.41) is 0. The van der Waals surface area contributed by atoms with Gasteiger partial charge in [0.1, 0.15) is 0 Å². The first kappa shape index (κ1) is 18.8. The minimum Gasteiger partial charge on any atom is -0.493 e. The molecule has 5 nitrogen and oxygen atoms in total. The van der Waals surface area contributed by atoms with Crippen molar-refractivity contribution in [1.82, 2.24) is 4.98 Å². The van der Waals surface area contributed by atoms with Gasteiger partial charge in [0, 0.05) is 16.5 Å². The molecular weight excluding hydrogens is 420 g/mol. The normalized spacial score (nSPS) is 14.6. The van der Waals surface area contributed by atoms with Crippen molar-refractivity contribution in [2.45, 2.75) is 39.0 Å². The van der Waals surface area contributed by atoms with Gasteiger partial charge in [-0.2, -0.15) is 4.98 Å². The molecule has 4 rings (SSSR count). The Kier molecular flexibility index (Phi) is 5.03. The molecule has 6 heteroatoms. The molecule has 1 fully saturated rings. The number of nitrogens with zero attached hydrogens (tertiary/aromatic N) is 2. The number of benzene rings is 1. The molecule has 1 aliphatic carbocycles. The van der Waals surface area contributed by atoms with Crippen LogP contribution in [0.15, 0.2) is 22.7 Å². The summed E-state index contributed by atoms with van der Waals surface area (Å²) in [6.45, 7) is 4.25. The SMILES string of the molecule is CC#CC(=O)N(c1cc(C)c(Br)cc1C1CC1)c1nc2c(cc1OC)CCO2. The van der Waals surface area contributed by atoms with E-state index in [4.69, 9.17) is 9.47 Å². The summed E-state index contributed by atoms with van der Waals surface area (Å²) in [5.41, 5.74) is 3.95. The lowest BCUT2D eigenvalue weighted by molar-refractivity contribution is -0.112. The van der Waals surface area contributed by atoms with Crippen molar-refractivity contribution in [3.63, 3.8) is 0 Å². The molecule has 0 N–H and O–H groups in total. The summed E-state index contributed by atoms with van der Waals surface area (Å²) in [7, 11) is 1.59. The molecular formula is C22H21BrN2O3. The van der Waals surface area contributed by atoms with Gasteiger partial charge in [-0.1, -0.05) is 21.9 Å². The highest BCUT2D eigenvalue weighted by molar-refractivity contribution is 9.10. The summed E-state index contributed by atoms with van der Waals surface area (Å²) in [5.74, 6) is 7.00. The predicted octanol–water partition coefficient (Wildman–Crippen LogP) is 4.66. The fourth-order valence-electron chi connectivity index (χ4n) is 3.46. The van der Waals surface area contributed by atoms with Gasteiger partial charge in [0.25, 0.3) is 0 Å². The first-order valence-corrected chi connectivity index (χ1v) is 10.1. The number of methoxy groups -OCH3 is 1. The Morgan fingerprint density at radius 3 is 2.82 bits per heavy atom. The van der Waals surface area contributed by atoms with E-state index >= 15 is 0 Å². The van der Waals surface area contributed by atoms with Crippen molar-refractivity contribution in [3.05, 3.63) is 39.4 Å². The number of aromatic nitrogens is 1. The van der Waals surface area contributed by atoms with E-state index in [1.807, 2.05) is 19.1 Å². The number of amides is 1. The van der Waals surface area contributed by atoms with Crippen LogP contribution >= 0.6 is 15.9 Å². The maximum absolute atomic E-state index is 13.1. The third-order valence-corrected chi connectivity index (χ3v) is 5.91. The molecule has 0 spiro atoms. The van der Waals surface area contributed by atoms with Gasteiger partial charge in [-0.05, 0) is 67.9 Å². The summed E-state index contributed by atoms with van der Waals surface area (Å²) >= 11 is 3.63. The molecule has 0 unspecified atom stereocenters. The number of hydrogen-bond donors (Lipinski definition) is 0. The van der Waals surface area contributed by atoms with Crippen LogP contribution in [0.25, 0.3) is 0 Å². The smallest absolute Gasteiger partial charge is 0.308 e. The Labute approximate surface area is 173 Å². The molecule has 1 amide bonds. The number of rotatable bonds is 4. The van der Waals surface area contributed by atoms with E-state index in [0.717, 1.165) is 46.1 Å². The summed E-state index contributed by atoms with van der Waals surface area (Å²) in [4.78, 5) is 19.3. The minimum atomic E-state index is -0.338. The van der Waals surface area contributed by atoms with Crippen LogP contribution in [-0.2, 0) is 11.2 Å². The lowest BCUT2D eigenvalue weighted by atomic mass is 10.0. The van der Waals surface area contributed by atoms with Crippen molar-refractivity contribution in [2.75, 3.05) is 18.6 Å². The molecule has 1 aromatic carbocycles. The van der Waals surface area contributed by atoms with E-state index in [1.54, 1.807) is 18.9 Å². The predicted molar refractivity (Wildman–Crippen MR) is 111 cm³/mol. The molecule has 0 radical (unpaired) electrons. The molecule has 1 aromatic heterocycles. The molecule has 2 aliphatic rings. The van der Waals surface area contributed by atoms with Gasteiger partial charge in [-0.3, -0.25) is 9.69 Å². The molecule has 0 saturated heterocycles. The average Bonchev–Trinajstić information content (AvgIpc) is 3.42. The Balaban J connectivity index is 1.95. The molecule has 1 saturated carbocycles. The van der Waals surface area contributed by atoms with E-state index in [0.29, 0.717) is 30.0 Å². The average molecular weight is 441 g/mol. The van der Waals surface area contributed by atoms with Crippen LogP contribution in [0.2, 0.25) is 0 Å². The summed E-state index contributed by atoms with van der Waals surface area (Å²) in [6, 6.07) is 6.04. The lowest BCUT2D eigenvalue weighted by Crippen LogP contribution is -2.27. The van der Waals surface area contributed by atoms with Gasteiger partial charge >= 0.3 is 5.91 Å². The number of carbonyl (C=O) groups is 1. The highest BCUT2D eigenvalue weighted by Gasteiger charge is 2.33. The Bertz CT molecular complexity index is 1020. The van der Waals surface area contributed by atoms with Crippen LogP contribution in [0.5, 0.6) is 11.6 Å². The van der Waals surface area contributed by atoms with Crippen molar-refractivity contribution >= 4 is 33.3 Å². The van der Waals surface area contributed by atoms with Crippen molar-refractivity contribution in [3.8, 4) is 23.5 Å². The second-order valence-electron chi connectivity index (χ2n) is 7.03. The maximum Gasteiger partial charge on any atom is 0.308 e. The fraction of sp³-hybridized carbons (Fsp3) is 0.364. The van der Waals surface area contributed by atoms with E-state index in [-0.39, 0.29) is 5.91 Å². The van der Waals surface area contributed by atoms with Crippen molar-refractivity contribution in [1.29, 1.82) is 0 Å². The number of hydrogen-bond acceptors (Lipinski definition) is 4. The standard InChI is InChI=1S/C22H21BrN2O3/c1-4-5-20(26)25(18-10-13(2)17(23)12-16(18)14-6-7-14)21-19(27-3)11-15-8-9-28-22(15)24-21/h10-12,14H,6-9H2,1-3H3. The summed E-state index contributed by atoms with van der Waals surface area (Å²) < 4.78 is 12.3. The number of carbonyl (C=O) groups excluding carboxylic acids is 1. The van der Waals surface area contributed by atoms with E-state index in [9.17, 15) is 4.79 Å². The van der Waals surface area contributed by atoms with Crippen LogP contribution in [0, 0.1) is 18.8 Å². The van der Waals surface area contributed by atoms with Crippen LogP contribution in [0.4, 0.5) is 11.5 Å². The van der Waals surface area contributed by atoms with E-state index in [1.165, 1.54) is 0 Å².